The van der Waals surface area contributed by atoms with E-state index in [0.717, 1.165) is 0 Å². The number of carbonyl (C=O) groups is 2. The number of sulfonamides is 1. The molecule has 2 atom stereocenters. The number of nitrogens with one attached hydrogen (secondary N) is 2. The number of hydrogen-bond acceptors (Lipinski definition) is 8. The summed E-state index contributed by atoms with van der Waals surface area (Å²) in [4.78, 5) is 33.5. The molecule has 0 radical (unpaired) electrons. The summed E-state index contributed by atoms with van der Waals surface area (Å²) < 4.78 is 32.0. The van der Waals surface area contributed by atoms with Crippen LogP contribution in [0.15, 0.2) is 39.5 Å². The molecule has 0 saturated heterocycles. The molecule has 166 valence electrons. The number of thiazole rings is 1. The zero-order valence-electron chi connectivity index (χ0n) is 17.4. The van der Waals surface area contributed by atoms with Crippen molar-refractivity contribution in [2.75, 3.05) is 11.9 Å². The number of aliphatic imine (C=N–C) groups is 1. The van der Waals surface area contributed by atoms with Crippen molar-refractivity contribution < 1.29 is 22.7 Å². The van der Waals surface area contributed by atoms with Crippen molar-refractivity contribution in [1.29, 1.82) is 0 Å². The van der Waals surface area contributed by atoms with Crippen LogP contribution in [0.2, 0.25) is 0 Å². The third-order valence-electron chi connectivity index (χ3n) is 4.80. The fourth-order valence-electron chi connectivity index (χ4n) is 3.02. The summed E-state index contributed by atoms with van der Waals surface area (Å²) in [6.45, 7) is 5.82. The predicted octanol–water partition coefficient (Wildman–Crippen LogP) is 2.34. The summed E-state index contributed by atoms with van der Waals surface area (Å²) >= 11 is 1.19. The Morgan fingerprint density at radius 2 is 2.03 bits per heavy atom. The Labute approximate surface area is 185 Å². The fourth-order valence-corrected chi connectivity index (χ4v) is 4.97. The number of nitrogens with zero attached hydrogens (tertiary/aromatic N) is 2. The molecule has 0 unspecified atom stereocenters. The van der Waals surface area contributed by atoms with Gasteiger partial charge in [-0.3, -0.25) is 19.3 Å². The van der Waals surface area contributed by atoms with Crippen LogP contribution < -0.4 is 10.0 Å². The van der Waals surface area contributed by atoms with Crippen molar-refractivity contribution in [2.24, 2.45) is 10.9 Å². The predicted molar refractivity (Wildman–Crippen MR) is 118 cm³/mol. The van der Waals surface area contributed by atoms with E-state index in [1.165, 1.54) is 17.4 Å². The minimum absolute atomic E-state index is 0.0237. The summed E-state index contributed by atoms with van der Waals surface area (Å²) in [6, 6.07) is 5.68. The lowest BCUT2D eigenvalue weighted by Gasteiger charge is -2.18. The number of esters is 1. The number of amidine groups is 1. The Morgan fingerprint density at radius 3 is 2.74 bits per heavy atom. The van der Waals surface area contributed by atoms with Crippen LogP contribution in [0.25, 0.3) is 0 Å². The molecule has 1 aromatic carbocycles. The molecular formula is C20H24N4O5S2. The van der Waals surface area contributed by atoms with Crippen molar-refractivity contribution in [2.45, 2.75) is 44.6 Å². The minimum Gasteiger partial charge on any atom is -0.466 e. The first-order valence-electron chi connectivity index (χ1n) is 9.86. The molecule has 11 heteroatoms. The number of benzene rings is 1. The fraction of sp³-hybridized carbons (Fsp3) is 0.400. The van der Waals surface area contributed by atoms with Crippen LogP contribution in [0, 0.1) is 5.92 Å². The molecule has 1 aliphatic rings. The van der Waals surface area contributed by atoms with Gasteiger partial charge in [-0.2, -0.15) is 0 Å². The zero-order chi connectivity index (χ0) is 22.6. The molecule has 9 nitrogen and oxygen atoms in total. The monoisotopic (exact) mass is 464 g/mol. The second-order valence-electron chi connectivity index (χ2n) is 7.02. The van der Waals surface area contributed by atoms with Gasteiger partial charge >= 0.3 is 5.97 Å². The van der Waals surface area contributed by atoms with E-state index in [4.69, 9.17) is 4.74 Å². The third kappa shape index (κ3) is 5.28. The lowest BCUT2D eigenvalue weighted by molar-refractivity contribution is -0.142. The topological polar surface area (TPSA) is 127 Å². The SMILES string of the molecule is CCOC(=O)Cc1csc(NC(=O)[C@@H](N=C2NS(=O)(=O)c3ccccc32)[C@@H](C)CC)n1. The highest BCUT2D eigenvalue weighted by molar-refractivity contribution is 7.90. The maximum atomic E-state index is 13.0. The zero-order valence-corrected chi connectivity index (χ0v) is 19.0. The van der Waals surface area contributed by atoms with Gasteiger partial charge in [0.1, 0.15) is 11.9 Å². The van der Waals surface area contributed by atoms with E-state index in [2.05, 4.69) is 20.0 Å². The van der Waals surface area contributed by atoms with E-state index in [1.807, 2.05) is 13.8 Å². The summed E-state index contributed by atoms with van der Waals surface area (Å²) in [6.07, 6.45) is 0.686. The number of amides is 1. The summed E-state index contributed by atoms with van der Waals surface area (Å²) in [5, 5.41) is 4.75. The number of aromatic nitrogens is 1. The van der Waals surface area contributed by atoms with Crippen LogP contribution in [-0.4, -0.2) is 43.8 Å². The van der Waals surface area contributed by atoms with E-state index in [1.54, 1.807) is 30.5 Å². The van der Waals surface area contributed by atoms with E-state index in [-0.39, 0.29) is 35.6 Å². The first-order chi connectivity index (χ1) is 14.7. The van der Waals surface area contributed by atoms with Crippen molar-refractivity contribution in [3.05, 3.63) is 40.9 Å². The highest BCUT2D eigenvalue weighted by Gasteiger charge is 2.33. The standard InChI is InChI=1S/C20H24N4O5S2/c1-4-12(3)17(22-18-14-8-6-7-9-15(14)31(27,28)24-18)19(26)23-20-21-13(11-30-20)10-16(25)29-5-2/h6-9,11-12,17H,4-5,10H2,1-3H3,(H,22,24)(H,21,23,26)/t12-,17-/m0/s1. The van der Waals surface area contributed by atoms with Gasteiger partial charge in [-0.15, -0.1) is 11.3 Å². The molecule has 2 N–H and O–H groups in total. The number of carbonyl (C=O) groups excluding carboxylic acids is 2. The summed E-state index contributed by atoms with van der Waals surface area (Å²) in [7, 11) is -3.70. The van der Waals surface area contributed by atoms with Gasteiger partial charge in [0.05, 0.1) is 23.6 Å². The first-order valence-corrected chi connectivity index (χ1v) is 12.2. The second kappa shape index (κ2) is 9.56. The first kappa shape index (κ1) is 22.9. The lowest BCUT2D eigenvalue weighted by atomic mass is 9.99. The third-order valence-corrected chi connectivity index (χ3v) is 7.00. The molecule has 1 amide bonds. The van der Waals surface area contributed by atoms with Crippen molar-refractivity contribution in [3.63, 3.8) is 0 Å². The Hall–Kier alpha value is -2.79. The van der Waals surface area contributed by atoms with E-state index in [9.17, 15) is 18.0 Å². The second-order valence-corrected chi connectivity index (χ2v) is 9.53. The Kier molecular flexibility index (Phi) is 7.06. The number of hydrogen-bond donors (Lipinski definition) is 2. The van der Waals surface area contributed by atoms with Crippen LogP contribution in [0.1, 0.15) is 38.4 Å². The molecule has 2 heterocycles. The van der Waals surface area contributed by atoms with Crippen LogP contribution in [-0.2, 0) is 30.8 Å². The maximum Gasteiger partial charge on any atom is 0.311 e. The van der Waals surface area contributed by atoms with Gasteiger partial charge in [0.2, 0.25) is 0 Å². The maximum absolute atomic E-state index is 13.0. The van der Waals surface area contributed by atoms with Gasteiger partial charge in [-0.25, -0.2) is 13.4 Å². The van der Waals surface area contributed by atoms with Crippen molar-refractivity contribution in [1.82, 2.24) is 9.71 Å². The molecular weight excluding hydrogens is 440 g/mol. The van der Waals surface area contributed by atoms with Gasteiger partial charge in [-0.05, 0) is 25.0 Å². The molecule has 0 saturated carbocycles. The molecule has 1 aliphatic heterocycles. The average Bonchev–Trinajstić information content (AvgIpc) is 3.27. The van der Waals surface area contributed by atoms with E-state index >= 15 is 0 Å². The molecule has 3 rings (SSSR count). The van der Waals surface area contributed by atoms with Crippen LogP contribution in [0.4, 0.5) is 5.13 Å². The van der Waals surface area contributed by atoms with Crippen LogP contribution in [0.5, 0.6) is 0 Å². The number of rotatable bonds is 8. The molecule has 0 spiro atoms. The van der Waals surface area contributed by atoms with Gasteiger partial charge in [0.25, 0.3) is 15.9 Å². The smallest absolute Gasteiger partial charge is 0.311 e. The van der Waals surface area contributed by atoms with Gasteiger partial charge in [-0.1, -0.05) is 32.4 Å². The lowest BCUT2D eigenvalue weighted by Crippen LogP contribution is -2.34. The minimum atomic E-state index is -3.70. The highest BCUT2D eigenvalue weighted by Crippen LogP contribution is 2.25. The van der Waals surface area contributed by atoms with Gasteiger partial charge in [0, 0.05) is 10.9 Å². The Morgan fingerprint density at radius 1 is 1.29 bits per heavy atom. The van der Waals surface area contributed by atoms with Crippen molar-refractivity contribution >= 4 is 44.2 Å². The van der Waals surface area contributed by atoms with Gasteiger partial charge in [0.15, 0.2) is 5.13 Å². The normalized spacial score (nSPS) is 17.5. The number of ether oxygens (including phenoxy) is 1. The molecule has 1 aromatic heterocycles. The highest BCUT2D eigenvalue weighted by atomic mass is 32.2. The molecule has 0 bridgehead atoms. The van der Waals surface area contributed by atoms with Crippen molar-refractivity contribution in [3.8, 4) is 0 Å². The summed E-state index contributed by atoms with van der Waals surface area (Å²) in [5.74, 6) is -0.786. The quantitative estimate of drug-likeness (QED) is 0.578. The van der Waals surface area contributed by atoms with Gasteiger partial charge < -0.3 is 10.1 Å². The summed E-state index contributed by atoms with van der Waals surface area (Å²) in [5.41, 5.74) is 0.942. The average molecular weight is 465 g/mol. The Balaban J connectivity index is 1.81. The Bertz CT molecular complexity index is 1110. The largest absolute Gasteiger partial charge is 0.466 e. The van der Waals surface area contributed by atoms with E-state index in [0.29, 0.717) is 22.8 Å². The van der Waals surface area contributed by atoms with Crippen LogP contribution in [0.3, 0.4) is 0 Å². The molecule has 0 aliphatic carbocycles. The number of anilines is 1. The van der Waals surface area contributed by atoms with E-state index < -0.39 is 22.0 Å². The van der Waals surface area contributed by atoms with Crippen LogP contribution >= 0.6 is 11.3 Å². The molecule has 0 fully saturated rings. The molecule has 2 aromatic rings. The number of fused-ring (bicyclic) bond motifs is 1. The molecule has 31 heavy (non-hydrogen) atoms.